The molecular formula is C12H22N2. The van der Waals surface area contributed by atoms with Crippen LogP contribution in [0.2, 0.25) is 0 Å². The minimum Gasteiger partial charge on any atom is -0.309 e. The maximum absolute atomic E-state index is 5.58. The molecule has 14 heavy (non-hydrogen) atoms. The van der Waals surface area contributed by atoms with Crippen molar-refractivity contribution in [3.05, 3.63) is 0 Å². The fraction of sp³-hybridized carbons (Fsp3) is 0.833. The molecule has 1 saturated heterocycles. The minimum absolute atomic E-state index is 0.140. The number of terminal acetylenes is 1. The predicted molar refractivity (Wildman–Crippen MR) is 61.2 cm³/mol. The Labute approximate surface area is 88.1 Å². The highest BCUT2D eigenvalue weighted by Crippen LogP contribution is 2.23. The van der Waals surface area contributed by atoms with Gasteiger partial charge in [-0.3, -0.25) is 4.90 Å². The molecule has 0 aromatic heterocycles. The summed E-state index contributed by atoms with van der Waals surface area (Å²) >= 11 is 0. The van der Waals surface area contributed by atoms with Crippen molar-refractivity contribution in [1.82, 2.24) is 10.2 Å². The maximum Gasteiger partial charge on any atom is 0.0769 e. The zero-order valence-corrected chi connectivity index (χ0v) is 10.0. The van der Waals surface area contributed by atoms with E-state index in [4.69, 9.17) is 6.42 Å². The molecule has 1 aliphatic heterocycles. The Kier molecular flexibility index (Phi) is 2.94. The molecule has 1 aliphatic rings. The first kappa shape index (κ1) is 11.6. The van der Waals surface area contributed by atoms with E-state index in [-0.39, 0.29) is 11.1 Å². The lowest BCUT2D eigenvalue weighted by Gasteiger charge is -2.49. The summed E-state index contributed by atoms with van der Waals surface area (Å²) in [5.41, 5.74) is 0.0272. The van der Waals surface area contributed by atoms with Crippen molar-refractivity contribution < 1.29 is 0 Å². The zero-order valence-electron chi connectivity index (χ0n) is 10.0. The van der Waals surface area contributed by atoms with Gasteiger partial charge in [0.15, 0.2) is 0 Å². The van der Waals surface area contributed by atoms with Crippen LogP contribution in [0.1, 0.15) is 34.6 Å². The molecular weight excluding hydrogens is 172 g/mol. The van der Waals surface area contributed by atoms with Crippen LogP contribution in [0.3, 0.4) is 0 Å². The van der Waals surface area contributed by atoms with Gasteiger partial charge in [0.25, 0.3) is 0 Å². The molecule has 0 aromatic carbocycles. The van der Waals surface area contributed by atoms with Gasteiger partial charge in [0.05, 0.1) is 5.54 Å². The molecule has 1 atom stereocenters. The lowest BCUT2D eigenvalue weighted by molar-refractivity contribution is 0.0461. The molecule has 1 rings (SSSR count). The van der Waals surface area contributed by atoms with Crippen LogP contribution in [0.15, 0.2) is 0 Å². The summed E-state index contributed by atoms with van der Waals surface area (Å²) in [5.74, 6) is 2.88. The third kappa shape index (κ3) is 2.29. The third-order valence-corrected chi connectivity index (χ3v) is 3.04. The second-order valence-corrected chi connectivity index (χ2v) is 5.45. The van der Waals surface area contributed by atoms with E-state index in [1.807, 2.05) is 0 Å². The highest BCUT2D eigenvalue weighted by molar-refractivity contribution is 5.12. The molecule has 1 heterocycles. The average molecular weight is 194 g/mol. The molecule has 1 N–H and O–H groups in total. The highest BCUT2D eigenvalue weighted by Gasteiger charge is 2.37. The van der Waals surface area contributed by atoms with Gasteiger partial charge in [-0.25, -0.2) is 0 Å². The summed E-state index contributed by atoms with van der Waals surface area (Å²) < 4.78 is 0. The van der Waals surface area contributed by atoms with E-state index >= 15 is 0 Å². The SMILES string of the molecule is C#CC(C)(C)N1CC(C)(C)NCC1C. The van der Waals surface area contributed by atoms with Gasteiger partial charge < -0.3 is 5.32 Å². The van der Waals surface area contributed by atoms with Gasteiger partial charge in [0.2, 0.25) is 0 Å². The largest absolute Gasteiger partial charge is 0.309 e. The molecule has 0 spiro atoms. The van der Waals surface area contributed by atoms with Crippen molar-refractivity contribution in [3.8, 4) is 12.3 Å². The summed E-state index contributed by atoms with van der Waals surface area (Å²) in [6, 6.07) is 0.508. The van der Waals surface area contributed by atoms with E-state index in [9.17, 15) is 0 Å². The van der Waals surface area contributed by atoms with E-state index in [1.54, 1.807) is 0 Å². The third-order valence-electron chi connectivity index (χ3n) is 3.04. The van der Waals surface area contributed by atoms with Gasteiger partial charge in [-0.2, -0.15) is 0 Å². The Morgan fingerprint density at radius 3 is 2.57 bits per heavy atom. The van der Waals surface area contributed by atoms with Crippen LogP contribution >= 0.6 is 0 Å². The minimum atomic E-state index is -0.140. The van der Waals surface area contributed by atoms with E-state index in [2.05, 4.69) is 50.8 Å². The van der Waals surface area contributed by atoms with E-state index in [0.717, 1.165) is 13.1 Å². The summed E-state index contributed by atoms with van der Waals surface area (Å²) in [4.78, 5) is 2.41. The van der Waals surface area contributed by atoms with Crippen molar-refractivity contribution >= 4 is 0 Å². The van der Waals surface area contributed by atoms with Crippen LogP contribution in [-0.4, -0.2) is 35.1 Å². The molecule has 0 bridgehead atoms. The summed E-state index contributed by atoms with van der Waals surface area (Å²) in [6.07, 6.45) is 5.58. The van der Waals surface area contributed by atoms with Crippen molar-refractivity contribution in [1.29, 1.82) is 0 Å². The summed E-state index contributed by atoms with van der Waals surface area (Å²) in [6.45, 7) is 12.9. The number of hydrogen-bond acceptors (Lipinski definition) is 2. The lowest BCUT2D eigenvalue weighted by atomic mass is 9.93. The Hall–Kier alpha value is -0.520. The van der Waals surface area contributed by atoms with Crippen LogP contribution in [-0.2, 0) is 0 Å². The van der Waals surface area contributed by atoms with Crippen molar-refractivity contribution in [2.75, 3.05) is 13.1 Å². The first-order valence-electron chi connectivity index (χ1n) is 5.28. The van der Waals surface area contributed by atoms with E-state index < -0.39 is 0 Å². The van der Waals surface area contributed by atoms with Crippen LogP contribution in [0.25, 0.3) is 0 Å². The predicted octanol–water partition coefficient (Wildman–Crippen LogP) is 1.47. The van der Waals surface area contributed by atoms with Gasteiger partial charge >= 0.3 is 0 Å². The van der Waals surface area contributed by atoms with Crippen LogP contribution < -0.4 is 5.32 Å². The first-order valence-corrected chi connectivity index (χ1v) is 5.28. The quantitative estimate of drug-likeness (QED) is 0.636. The smallest absolute Gasteiger partial charge is 0.0769 e. The normalized spacial score (nSPS) is 28.4. The van der Waals surface area contributed by atoms with Crippen molar-refractivity contribution in [3.63, 3.8) is 0 Å². The molecule has 0 saturated carbocycles. The van der Waals surface area contributed by atoms with Crippen molar-refractivity contribution in [2.45, 2.75) is 51.7 Å². The highest BCUT2D eigenvalue weighted by atomic mass is 15.3. The maximum atomic E-state index is 5.58. The first-order chi connectivity index (χ1) is 6.28. The number of rotatable bonds is 1. The van der Waals surface area contributed by atoms with Gasteiger partial charge in [-0.15, -0.1) is 6.42 Å². The monoisotopic (exact) mass is 194 g/mol. The van der Waals surface area contributed by atoms with Gasteiger partial charge in [0, 0.05) is 24.7 Å². The average Bonchev–Trinajstić information content (AvgIpc) is 2.09. The summed E-state index contributed by atoms with van der Waals surface area (Å²) in [5, 5.41) is 3.52. The van der Waals surface area contributed by atoms with Crippen LogP contribution in [0.4, 0.5) is 0 Å². The number of piperazine rings is 1. The van der Waals surface area contributed by atoms with Crippen LogP contribution in [0.5, 0.6) is 0 Å². The van der Waals surface area contributed by atoms with Gasteiger partial charge in [-0.05, 0) is 34.6 Å². The number of nitrogens with one attached hydrogen (secondary N) is 1. The second kappa shape index (κ2) is 3.56. The van der Waals surface area contributed by atoms with E-state index in [1.165, 1.54) is 0 Å². The Balaban J connectivity index is 2.82. The van der Waals surface area contributed by atoms with Crippen LogP contribution in [0, 0.1) is 12.3 Å². The fourth-order valence-corrected chi connectivity index (χ4v) is 2.00. The molecule has 2 heteroatoms. The standard InChI is InChI=1S/C12H22N2/c1-7-12(5,6)14-9-11(3,4)13-8-10(14)2/h1,10,13H,8-9H2,2-6H3. The Bertz CT molecular complexity index is 248. The summed E-state index contributed by atoms with van der Waals surface area (Å²) in [7, 11) is 0. The lowest BCUT2D eigenvalue weighted by Crippen LogP contribution is -2.65. The van der Waals surface area contributed by atoms with Crippen molar-refractivity contribution in [2.24, 2.45) is 0 Å². The molecule has 0 aromatic rings. The molecule has 0 amide bonds. The fourth-order valence-electron chi connectivity index (χ4n) is 2.00. The molecule has 0 radical (unpaired) electrons. The number of nitrogens with zero attached hydrogens (tertiary/aromatic N) is 1. The Morgan fingerprint density at radius 2 is 2.07 bits per heavy atom. The molecule has 0 aliphatic carbocycles. The zero-order chi connectivity index (χ0) is 11.0. The molecule has 80 valence electrons. The van der Waals surface area contributed by atoms with Gasteiger partial charge in [-0.1, -0.05) is 5.92 Å². The number of hydrogen-bond donors (Lipinski definition) is 1. The van der Waals surface area contributed by atoms with E-state index in [0.29, 0.717) is 6.04 Å². The topological polar surface area (TPSA) is 15.3 Å². The molecule has 1 fully saturated rings. The van der Waals surface area contributed by atoms with Gasteiger partial charge in [0.1, 0.15) is 0 Å². The Morgan fingerprint density at radius 1 is 1.50 bits per heavy atom. The molecule has 2 nitrogen and oxygen atoms in total. The second-order valence-electron chi connectivity index (χ2n) is 5.45. The molecule has 1 unspecified atom stereocenters.